The van der Waals surface area contributed by atoms with E-state index in [1.54, 1.807) is 0 Å². The van der Waals surface area contributed by atoms with Gasteiger partial charge in [-0.3, -0.25) is 19.2 Å². The largest absolute Gasteiger partial charge is 0.467 e. The number of amides is 2. The van der Waals surface area contributed by atoms with E-state index in [0.29, 0.717) is 6.42 Å². The highest BCUT2D eigenvalue weighted by molar-refractivity contribution is 7.99. The molecule has 0 bridgehead atoms. The van der Waals surface area contributed by atoms with Crippen molar-refractivity contribution >= 4 is 41.5 Å². The van der Waals surface area contributed by atoms with Crippen LogP contribution in [0.4, 0.5) is 0 Å². The van der Waals surface area contributed by atoms with Crippen molar-refractivity contribution in [3.05, 3.63) is 0 Å². The number of carbonyl (C=O) groups is 5. The first-order valence-electron chi connectivity index (χ1n) is 22.4. The number of hydrogen-bond acceptors (Lipinski definition) is 10. The minimum Gasteiger partial charge on any atom is -0.467 e. The second-order valence-corrected chi connectivity index (χ2v) is 16.4. The van der Waals surface area contributed by atoms with Crippen molar-refractivity contribution in [1.29, 1.82) is 0 Å². The van der Waals surface area contributed by atoms with E-state index in [1.807, 2.05) is 0 Å². The van der Waals surface area contributed by atoms with Gasteiger partial charge in [0.25, 0.3) is 0 Å². The molecule has 0 spiro atoms. The molecule has 328 valence electrons. The van der Waals surface area contributed by atoms with Crippen LogP contribution in [0.1, 0.15) is 201 Å². The van der Waals surface area contributed by atoms with Crippen molar-refractivity contribution in [2.24, 2.45) is 0 Å². The molecule has 0 saturated carbocycles. The molecule has 0 aromatic rings. The second kappa shape index (κ2) is 39.5. The SMILES string of the molecule is CCCCCCCCCCCCCCCC(=O)OC[C@@H](CSC[C@H](NC(C)=O)C(=O)N[C@@H](CO)C(=O)OC)OC(=O)CCCCCCCCCCCCCCC. The molecule has 0 unspecified atom stereocenters. The normalized spacial score (nSPS) is 12.7. The van der Waals surface area contributed by atoms with E-state index in [-0.39, 0.29) is 36.5 Å². The van der Waals surface area contributed by atoms with Crippen LogP contribution in [0.2, 0.25) is 0 Å². The van der Waals surface area contributed by atoms with Gasteiger partial charge in [-0.25, -0.2) is 4.79 Å². The van der Waals surface area contributed by atoms with Gasteiger partial charge in [-0.05, 0) is 12.8 Å². The molecule has 0 aromatic carbocycles. The van der Waals surface area contributed by atoms with Crippen LogP contribution in [0.25, 0.3) is 0 Å². The third-order valence-electron chi connectivity index (χ3n) is 9.96. The molecule has 3 atom stereocenters. The van der Waals surface area contributed by atoms with Crippen LogP contribution in [-0.4, -0.2) is 84.8 Å². The van der Waals surface area contributed by atoms with Gasteiger partial charge in [0.15, 0.2) is 6.04 Å². The molecule has 0 radical (unpaired) electrons. The first-order valence-corrected chi connectivity index (χ1v) is 23.5. The van der Waals surface area contributed by atoms with Gasteiger partial charge in [-0.1, -0.05) is 168 Å². The van der Waals surface area contributed by atoms with Crippen LogP contribution in [0.3, 0.4) is 0 Å². The Hall–Kier alpha value is -2.34. The zero-order valence-electron chi connectivity index (χ0n) is 36.0. The number of esters is 3. The lowest BCUT2D eigenvalue weighted by atomic mass is 10.0. The molecule has 11 nitrogen and oxygen atoms in total. The van der Waals surface area contributed by atoms with E-state index in [0.717, 1.165) is 45.6 Å². The van der Waals surface area contributed by atoms with E-state index in [4.69, 9.17) is 9.47 Å². The number of ether oxygens (including phenoxy) is 3. The highest BCUT2D eigenvalue weighted by Crippen LogP contribution is 2.16. The molecule has 0 aliphatic carbocycles. The fourth-order valence-electron chi connectivity index (χ4n) is 6.53. The molecule has 0 saturated heterocycles. The molecular weight excluding hydrogens is 733 g/mol. The van der Waals surface area contributed by atoms with Crippen LogP contribution in [0, 0.1) is 0 Å². The van der Waals surface area contributed by atoms with Gasteiger partial charge in [-0.15, -0.1) is 0 Å². The third-order valence-corrected chi connectivity index (χ3v) is 11.1. The van der Waals surface area contributed by atoms with Crippen molar-refractivity contribution in [2.45, 2.75) is 219 Å². The van der Waals surface area contributed by atoms with Crippen molar-refractivity contribution in [1.82, 2.24) is 10.6 Å². The monoisotopic (exact) mass is 815 g/mol. The average molecular weight is 815 g/mol. The molecule has 0 aromatic heterocycles. The Morgan fingerprint density at radius 1 is 0.554 bits per heavy atom. The number of nitrogens with one attached hydrogen (secondary N) is 2. The van der Waals surface area contributed by atoms with E-state index < -0.39 is 42.6 Å². The maximum atomic E-state index is 12.9. The number of aliphatic hydroxyl groups is 1. The summed E-state index contributed by atoms with van der Waals surface area (Å²) in [5.41, 5.74) is 0. The zero-order valence-corrected chi connectivity index (χ0v) is 36.8. The lowest BCUT2D eigenvalue weighted by molar-refractivity contribution is -0.157. The van der Waals surface area contributed by atoms with Gasteiger partial charge in [0, 0.05) is 31.3 Å². The number of hydrogen-bond donors (Lipinski definition) is 3. The summed E-state index contributed by atoms with van der Waals surface area (Å²) >= 11 is 1.25. The maximum Gasteiger partial charge on any atom is 0.330 e. The van der Waals surface area contributed by atoms with Gasteiger partial charge < -0.3 is 30.0 Å². The van der Waals surface area contributed by atoms with Gasteiger partial charge in [0.2, 0.25) is 11.8 Å². The Morgan fingerprint density at radius 3 is 1.36 bits per heavy atom. The predicted molar refractivity (Wildman–Crippen MR) is 227 cm³/mol. The molecule has 0 rings (SSSR count). The average Bonchev–Trinajstić information content (AvgIpc) is 3.18. The fraction of sp³-hybridized carbons (Fsp3) is 0.886. The van der Waals surface area contributed by atoms with Crippen LogP contribution >= 0.6 is 11.8 Å². The van der Waals surface area contributed by atoms with E-state index in [9.17, 15) is 29.1 Å². The summed E-state index contributed by atoms with van der Waals surface area (Å²) in [5.74, 6) is -2.31. The second-order valence-electron chi connectivity index (χ2n) is 15.3. The number of unbranched alkanes of at least 4 members (excludes halogenated alkanes) is 24. The van der Waals surface area contributed by atoms with Gasteiger partial charge in [0.05, 0.1) is 13.7 Å². The minimum atomic E-state index is -1.28. The lowest BCUT2D eigenvalue weighted by Gasteiger charge is -2.22. The summed E-state index contributed by atoms with van der Waals surface area (Å²) in [4.78, 5) is 62.1. The summed E-state index contributed by atoms with van der Waals surface area (Å²) in [6.07, 6.45) is 31.4. The Labute approximate surface area is 345 Å². The first kappa shape index (κ1) is 53.7. The standard InChI is InChI=1S/C44H82N2O9S/c1-5-7-9-11-13-15-17-19-21-23-25-27-29-31-41(49)54-34-38(35-56-36-40(45-37(3)48)43(51)46-39(33-47)44(52)53-4)55-42(50)32-30-28-26-24-22-20-18-16-14-12-10-8-6-2/h38-40,47H,5-36H2,1-4H3,(H,45,48)(H,46,51)/t38-,39-,40-/m0/s1. The molecule has 0 heterocycles. The molecule has 3 N–H and O–H groups in total. The van der Waals surface area contributed by atoms with Crippen LogP contribution in [-0.2, 0) is 38.2 Å². The third kappa shape index (κ3) is 33.8. The summed E-state index contributed by atoms with van der Waals surface area (Å²) in [6.45, 7) is 5.00. The molecule has 2 amide bonds. The zero-order chi connectivity index (χ0) is 41.5. The Balaban J connectivity index is 4.77. The molecular formula is C44H82N2O9S. The highest BCUT2D eigenvalue weighted by atomic mass is 32.2. The predicted octanol–water partition coefficient (Wildman–Crippen LogP) is 9.29. The van der Waals surface area contributed by atoms with Gasteiger partial charge in [0.1, 0.15) is 18.8 Å². The Morgan fingerprint density at radius 2 is 0.964 bits per heavy atom. The number of thioether (sulfide) groups is 1. The van der Waals surface area contributed by atoms with Crippen LogP contribution in [0.5, 0.6) is 0 Å². The topological polar surface area (TPSA) is 157 Å². The summed E-state index contributed by atoms with van der Waals surface area (Å²) in [7, 11) is 1.14. The van der Waals surface area contributed by atoms with Crippen molar-refractivity contribution in [2.75, 3.05) is 31.8 Å². The van der Waals surface area contributed by atoms with Crippen molar-refractivity contribution in [3.8, 4) is 0 Å². The van der Waals surface area contributed by atoms with E-state index in [2.05, 4.69) is 29.2 Å². The van der Waals surface area contributed by atoms with Crippen LogP contribution < -0.4 is 10.6 Å². The minimum absolute atomic E-state index is 0.0878. The molecule has 56 heavy (non-hydrogen) atoms. The highest BCUT2D eigenvalue weighted by Gasteiger charge is 2.27. The Bertz CT molecular complexity index is 1000. The van der Waals surface area contributed by atoms with Gasteiger partial charge >= 0.3 is 17.9 Å². The number of methoxy groups -OCH3 is 1. The number of carbonyl (C=O) groups excluding carboxylic acids is 5. The maximum absolute atomic E-state index is 12.9. The number of aliphatic hydroxyl groups excluding tert-OH is 1. The molecule has 0 fully saturated rings. The molecule has 12 heteroatoms. The summed E-state index contributed by atoms with van der Waals surface area (Å²) < 4.78 is 15.9. The van der Waals surface area contributed by atoms with Crippen LogP contribution in [0.15, 0.2) is 0 Å². The molecule has 0 aliphatic rings. The quantitative estimate of drug-likeness (QED) is 0.0309. The summed E-state index contributed by atoms with van der Waals surface area (Å²) in [6, 6.07) is -2.31. The van der Waals surface area contributed by atoms with E-state index >= 15 is 0 Å². The molecule has 0 aliphatic heterocycles. The lowest BCUT2D eigenvalue weighted by Crippen LogP contribution is -2.53. The Kier molecular flexibility index (Phi) is 37.8. The van der Waals surface area contributed by atoms with Gasteiger partial charge in [-0.2, -0.15) is 11.8 Å². The van der Waals surface area contributed by atoms with Crippen molar-refractivity contribution in [3.63, 3.8) is 0 Å². The van der Waals surface area contributed by atoms with Crippen molar-refractivity contribution < 1.29 is 43.3 Å². The number of rotatable bonds is 40. The van der Waals surface area contributed by atoms with E-state index in [1.165, 1.54) is 147 Å². The summed E-state index contributed by atoms with van der Waals surface area (Å²) in [5, 5.41) is 14.5. The fourth-order valence-corrected chi connectivity index (χ4v) is 7.57. The first-order chi connectivity index (χ1) is 27.2. The smallest absolute Gasteiger partial charge is 0.330 e.